The van der Waals surface area contributed by atoms with Crippen molar-refractivity contribution >= 4 is 6.08 Å². The Balaban J connectivity index is 3.22. The number of benzene rings is 1. The summed E-state index contributed by atoms with van der Waals surface area (Å²) >= 11 is 0. The second-order valence-corrected chi connectivity index (χ2v) is 3.11. The molecule has 1 rings (SSSR count). The van der Waals surface area contributed by atoms with Crippen LogP contribution in [0.15, 0.2) is 18.2 Å². The van der Waals surface area contributed by atoms with E-state index in [4.69, 9.17) is 0 Å². The molecule has 0 unspecified atom stereocenters. The zero-order chi connectivity index (χ0) is 9.84. The van der Waals surface area contributed by atoms with Crippen LogP contribution in [-0.4, -0.2) is 0 Å². The van der Waals surface area contributed by atoms with Gasteiger partial charge in [-0.15, -0.1) is 0 Å². The SMILES string of the molecule is CC=Cc1ccc(CC)c(F)c1C. The van der Waals surface area contributed by atoms with Crippen LogP contribution < -0.4 is 0 Å². The minimum absolute atomic E-state index is 0.0573. The molecule has 0 atom stereocenters. The summed E-state index contributed by atoms with van der Waals surface area (Å²) in [6, 6.07) is 3.83. The van der Waals surface area contributed by atoms with Gasteiger partial charge in [0.05, 0.1) is 0 Å². The molecule has 0 fully saturated rings. The standard InChI is InChI=1S/C12H15F/c1-4-6-11-8-7-10(5-2)12(13)9(11)3/h4,6-8H,5H2,1-3H3. The van der Waals surface area contributed by atoms with Crippen molar-refractivity contribution in [3.8, 4) is 0 Å². The number of aryl methyl sites for hydroxylation is 1. The Labute approximate surface area is 79.1 Å². The van der Waals surface area contributed by atoms with Gasteiger partial charge in [0.1, 0.15) is 5.82 Å². The van der Waals surface area contributed by atoms with E-state index < -0.39 is 0 Å². The van der Waals surface area contributed by atoms with Crippen LogP contribution in [0.25, 0.3) is 6.08 Å². The van der Waals surface area contributed by atoms with E-state index >= 15 is 0 Å². The Hall–Kier alpha value is -1.11. The van der Waals surface area contributed by atoms with E-state index in [9.17, 15) is 4.39 Å². The maximum Gasteiger partial charge on any atom is 0.129 e. The normalized spacial score (nSPS) is 11.1. The molecule has 0 nitrogen and oxygen atoms in total. The Morgan fingerprint density at radius 2 is 2.08 bits per heavy atom. The van der Waals surface area contributed by atoms with Crippen molar-refractivity contribution in [3.63, 3.8) is 0 Å². The highest BCUT2D eigenvalue weighted by Crippen LogP contribution is 2.18. The molecule has 1 heteroatoms. The molecule has 0 aromatic heterocycles. The summed E-state index contributed by atoms with van der Waals surface area (Å²) in [4.78, 5) is 0. The molecule has 0 heterocycles. The predicted molar refractivity (Wildman–Crippen MR) is 55.2 cm³/mol. The summed E-state index contributed by atoms with van der Waals surface area (Å²) in [5.41, 5.74) is 2.51. The summed E-state index contributed by atoms with van der Waals surface area (Å²) in [5, 5.41) is 0. The highest BCUT2D eigenvalue weighted by Gasteiger charge is 2.05. The molecule has 0 spiro atoms. The fraction of sp³-hybridized carbons (Fsp3) is 0.333. The van der Waals surface area contributed by atoms with Gasteiger partial charge in [0.2, 0.25) is 0 Å². The van der Waals surface area contributed by atoms with Gasteiger partial charge in [-0.25, -0.2) is 4.39 Å². The van der Waals surface area contributed by atoms with Crippen LogP contribution in [0.5, 0.6) is 0 Å². The highest BCUT2D eigenvalue weighted by molar-refractivity contribution is 5.54. The molecule has 1 aromatic carbocycles. The van der Waals surface area contributed by atoms with E-state index in [0.29, 0.717) is 0 Å². The topological polar surface area (TPSA) is 0 Å². The molecular formula is C12H15F. The number of rotatable bonds is 2. The van der Waals surface area contributed by atoms with Crippen LogP contribution in [0.2, 0.25) is 0 Å². The summed E-state index contributed by atoms with van der Waals surface area (Å²) in [5.74, 6) is -0.0573. The zero-order valence-corrected chi connectivity index (χ0v) is 8.39. The Morgan fingerprint density at radius 1 is 1.38 bits per heavy atom. The molecule has 0 saturated carbocycles. The van der Waals surface area contributed by atoms with Crippen molar-refractivity contribution in [1.82, 2.24) is 0 Å². The van der Waals surface area contributed by atoms with Gasteiger partial charge in [-0.2, -0.15) is 0 Å². The maximum absolute atomic E-state index is 13.6. The smallest absolute Gasteiger partial charge is 0.129 e. The summed E-state index contributed by atoms with van der Waals surface area (Å²) in [6.07, 6.45) is 4.61. The minimum atomic E-state index is -0.0573. The lowest BCUT2D eigenvalue weighted by atomic mass is 10.0. The lowest BCUT2D eigenvalue weighted by Crippen LogP contribution is -1.93. The second kappa shape index (κ2) is 4.22. The van der Waals surface area contributed by atoms with Crippen molar-refractivity contribution in [2.45, 2.75) is 27.2 Å². The van der Waals surface area contributed by atoms with Crippen molar-refractivity contribution in [2.75, 3.05) is 0 Å². The lowest BCUT2D eigenvalue weighted by Gasteiger charge is -2.06. The van der Waals surface area contributed by atoms with Crippen LogP contribution in [-0.2, 0) is 6.42 Å². The van der Waals surface area contributed by atoms with Gasteiger partial charge in [-0.1, -0.05) is 31.2 Å². The van der Waals surface area contributed by atoms with Gasteiger partial charge in [0.25, 0.3) is 0 Å². The van der Waals surface area contributed by atoms with Gasteiger partial charge in [0, 0.05) is 0 Å². The van der Waals surface area contributed by atoms with Gasteiger partial charge in [0.15, 0.2) is 0 Å². The van der Waals surface area contributed by atoms with E-state index in [0.717, 1.165) is 23.1 Å². The van der Waals surface area contributed by atoms with Gasteiger partial charge >= 0.3 is 0 Å². The molecule has 0 amide bonds. The van der Waals surface area contributed by atoms with Crippen LogP contribution in [0.4, 0.5) is 4.39 Å². The van der Waals surface area contributed by atoms with E-state index in [2.05, 4.69) is 0 Å². The van der Waals surface area contributed by atoms with Crippen molar-refractivity contribution in [3.05, 3.63) is 40.7 Å². The van der Waals surface area contributed by atoms with Crippen LogP contribution in [0.1, 0.15) is 30.5 Å². The first-order valence-electron chi connectivity index (χ1n) is 4.61. The zero-order valence-electron chi connectivity index (χ0n) is 8.39. The third-order valence-corrected chi connectivity index (χ3v) is 2.24. The first kappa shape index (κ1) is 9.97. The number of allylic oxidation sites excluding steroid dienone is 1. The molecule has 0 aliphatic heterocycles. The van der Waals surface area contributed by atoms with Gasteiger partial charge in [-0.05, 0) is 37.0 Å². The number of halogens is 1. The Morgan fingerprint density at radius 3 is 2.62 bits per heavy atom. The van der Waals surface area contributed by atoms with E-state index in [1.807, 2.05) is 45.1 Å². The van der Waals surface area contributed by atoms with Gasteiger partial charge in [-0.3, -0.25) is 0 Å². The van der Waals surface area contributed by atoms with Crippen LogP contribution in [0.3, 0.4) is 0 Å². The van der Waals surface area contributed by atoms with E-state index in [1.165, 1.54) is 0 Å². The fourth-order valence-electron chi connectivity index (χ4n) is 1.39. The summed E-state index contributed by atoms with van der Waals surface area (Å²) in [7, 11) is 0. The first-order valence-corrected chi connectivity index (χ1v) is 4.61. The van der Waals surface area contributed by atoms with Crippen molar-refractivity contribution < 1.29 is 4.39 Å². The molecule has 0 bridgehead atoms. The molecule has 70 valence electrons. The molecular weight excluding hydrogens is 163 g/mol. The van der Waals surface area contributed by atoms with Crippen LogP contribution in [0, 0.1) is 12.7 Å². The third kappa shape index (κ3) is 1.97. The average molecular weight is 178 g/mol. The largest absolute Gasteiger partial charge is 0.206 e. The van der Waals surface area contributed by atoms with Crippen LogP contribution >= 0.6 is 0 Å². The molecule has 13 heavy (non-hydrogen) atoms. The fourth-order valence-corrected chi connectivity index (χ4v) is 1.39. The average Bonchev–Trinajstić information content (AvgIpc) is 2.14. The molecule has 0 saturated heterocycles. The van der Waals surface area contributed by atoms with Gasteiger partial charge < -0.3 is 0 Å². The maximum atomic E-state index is 13.6. The van der Waals surface area contributed by atoms with Crippen molar-refractivity contribution in [1.29, 1.82) is 0 Å². The molecule has 0 aliphatic carbocycles. The van der Waals surface area contributed by atoms with Crippen molar-refractivity contribution in [2.24, 2.45) is 0 Å². The molecule has 0 N–H and O–H groups in total. The molecule has 0 aliphatic rings. The molecule has 1 aromatic rings. The molecule has 0 radical (unpaired) electrons. The monoisotopic (exact) mass is 178 g/mol. The Kier molecular flexibility index (Phi) is 3.24. The van der Waals surface area contributed by atoms with E-state index in [-0.39, 0.29) is 5.82 Å². The first-order chi connectivity index (χ1) is 6.20. The summed E-state index contributed by atoms with van der Waals surface area (Å²) < 4.78 is 13.6. The number of hydrogen-bond donors (Lipinski definition) is 0. The minimum Gasteiger partial charge on any atom is -0.206 e. The Bertz CT molecular complexity index is 324. The highest BCUT2D eigenvalue weighted by atomic mass is 19.1. The third-order valence-electron chi connectivity index (χ3n) is 2.24. The second-order valence-electron chi connectivity index (χ2n) is 3.11. The predicted octanol–water partition coefficient (Wildman–Crippen LogP) is 3.73. The quantitative estimate of drug-likeness (QED) is 0.647. The summed E-state index contributed by atoms with van der Waals surface area (Å²) in [6.45, 7) is 5.72. The lowest BCUT2D eigenvalue weighted by molar-refractivity contribution is 0.602. The van der Waals surface area contributed by atoms with E-state index in [1.54, 1.807) is 0 Å². The number of hydrogen-bond acceptors (Lipinski definition) is 0.